The summed E-state index contributed by atoms with van der Waals surface area (Å²) in [5, 5.41) is 3.99. The van der Waals surface area contributed by atoms with Crippen molar-refractivity contribution in [3.8, 4) is 5.82 Å². The zero-order chi connectivity index (χ0) is 9.10. The van der Waals surface area contributed by atoms with Gasteiger partial charge in [0.2, 0.25) is 0 Å². The van der Waals surface area contributed by atoms with Crippen molar-refractivity contribution in [3.63, 3.8) is 0 Å². The van der Waals surface area contributed by atoms with Gasteiger partial charge in [-0.3, -0.25) is 4.79 Å². The molecule has 4 heteroatoms. The highest BCUT2D eigenvalue weighted by molar-refractivity contribution is 5.71. The van der Waals surface area contributed by atoms with Crippen LogP contribution in [0.5, 0.6) is 0 Å². The molecule has 0 fully saturated rings. The number of carbonyl (C=O) groups is 1. The van der Waals surface area contributed by atoms with E-state index in [1.165, 1.54) is 0 Å². The highest BCUT2D eigenvalue weighted by Gasteiger charge is 1.98. The Labute approximate surface area is 74.8 Å². The number of hydrogen-bond acceptors (Lipinski definition) is 3. The van der Waals surface area contributed by atoms with E-state index in [2.05, 4.69) is 10.1 Å². The molecule has 0 aromatic carbocycles. The maximum atomic E-state index is 10.4. The second-order valence-electron chi connectivity index (χ2n) is 2.49. The summed E-state index contributed by atoms with van der Waals surface area (Å²) in [5.74, 6) is 0.704. The molecule has 0 radical (unpaired) electrons. The van der Waals surface area contributed by atoms with Gasteiger partial charge in [-0.25, -0.2) is 9.67 Å². The smallest absolute Gasteiger partial charge is 0.170 e. The van der Waals surface area contributed by atoms with Crippen molar-refractivity contribution >= 4 is 6.29 Å². The molecule has 0 unspecified atom stereocenters. The molecule has 4 nitrogen and oxygen atoms in total. The van der Waals surface area contributed by atoms with E-state index >= 15 is 0 Å². The summed E-state index contributed by atoms with van der Waals surface area (Å²) < 4.78 is 1.56. The summed E-state index contributed by atoms with van der Waals surface area (Å²) in [7, 11) is 0. The van der Waals surface area contributed by atoms with E-state index in [-0.39, 0.29) is 0 Å². The van der Waals surface area contributed by atoms with Crippen LogP contribution < -0.4 is 0 Å². The fourth-order valence-corrected chi connectivity index (χ4v) is 1.02. The monoisotopic (exact) mass is 173 g/mol. The predicted octanol–water partition coefficient (Wildman–Crippen LogP) is 1.08. The number of aldehydes is 1. The molecule has 0 aliphatic heterocycles. The Morgan fingerprint density at radius 1 is 1.31 bits per heavy atom. The predicted molar refractivity (Wildman–Crippen MR) is 46.7 cm³/mol. The maximum absolute atomic E-state index is 10.4. The van der Waals surface area contributed by atoms with Crippen molar-refractivity contribution in [2.75, 3.05) is 0 Å². The third-order valence-corrected chi connectivity index (χ3v) is 1.61. The highest BCUT2D eigenvalue weighted by atomic mass is 16.1. The Kier molecular flexibility index (Phi) is 1.88. The first kappa shape index (κ1) is 7.67. The SMILES string of the molecule is O=Cc1ccn(-c2ccccn2)n1. The highest BCUT2D eigenvalue weighted by Crippen LogP contribution is 2.01. The molecule has 0 saturated carbocycles. The van der Waals surface area contributed by atoms with Crippen LogP contribution in [0.4, 0.5) is 0 Å². The number of pyridine rings is 1. The molecule has 0 atom stereocenters. The summed E-state index contributed by atoms with van der Waals surface area (Å²) in [4.78, 5) is 14.4. The summed E-state index contributed by atoms with van der Waals surface area (Å²) in [6.45, 7) is 0. The first-order chi connectivity index (χ1) is 6.40. The normalized spacial score (nSPS) is 9.85. The topological polar surface area (TPSA) is 47.8 Å². The van der Waals surface area contributed by atoms with Gasteiger partial charge in [0.25, 0.3) is 0 Å². The Morgan fingerprint density at radius 2 is 2.23 bits per heavy atom. The number of aromatic nitrogens is 3. The van der Waals surface area contributed by atoms with Crippen LogP contribution in [-0.4, -0.2) is 21.1 Å². The van der Waals surface area contributed by atoms with Crippen molar-refractivity contribution in [2.45, 2.75) is 0 Å². The van der Waals surface area contributed by atoms with Gasteiger partial charge in [-0.05, 0) is 18.2 Å². The minimum absolute atomic E-state index is 0.408. The molecule has 0 aliphatic carbocycles. The van der Waals surface area contributed by atoms with Crippen LogP contribution in [0, 0.1) is 0 Å². The molecule has 0 aliphatic rings. The van der Waals surface area contributed by atoms with E-state index in [9.17, 15) is 4.79 Å². The zero-order valence-corrected chi connectivity index (χ0v) is 6.79. The Bertz CT molecular complexity index is 408. The van der Waals surface area contributed by atoms with Gasteiger partial charge in [0, 0.05) is 12.4 Å². The van der Waals surface area contributed by atoms with E-state index in [4.69, 9.17) is 0 Å². The van der Waals surface area contributed by atoms with Crippen molar-refractivity contribution < 1.29 is 4.79 Å². The van der Waals surface area contributed by atoms with E-state index < -0.39 is 0 Å². The minimum atomic E-state index is 0.408. The summed E-state index contributed by atoms with van der Waals surface area (Å²) in [6.07, 6.45) is 4.09. The molecule has 0 saturated heterocycles. The quantitative estimate of drug-likeness (QED) is 0.638. The van der Waals surface area contributed by atoms with Crippen molar-refractivity contribution in [1.29, 1.82) is 0 Å². The Morgan fingerprint density at radius 3 is 2.85 bits per heavy atom. The van der Waals surface area contributed by atoms with Gasteiger partial charge in [0.15, 0.2) is 12.1 Å². The first-order valence-corrected chi connectivity index (χ1v) is 3.82. The fraction of sp³-hybridized carbons (Fsp3) is 0. The van der Waals surface area contributed by atoms with E-state index in [1.807, 2.05) is 18.2 Å². The average molecular weight is 173 g/mol. The average Bonchev–Trinajstić information content (AvgIpc) is 2.67. The van der Waals surface area contributed by atoms with Gasteiger partial charge in [-0.1, -0.05) is 6.07 Å². The lowest BCUT2D eigenvalue weighted by Crippen LogP contribution is -1.97. The van der Waals surface area contributed by atoms with Crippen molar-refractivity contribution in [1.82, 2.24) is 14.8 Å². The van der Waals surface area contributed by atoms with Crippen LogP contribution in [-0.2, 0) is 0 Å². The largest absolute Gasteiger partial charge is 0.296 e. The molecule has 2 aromatic rings. The van der Waals surface area contributed by atoms with Gasteiger partial charge in [-0.15, -0.1) is 0 Å². The molecular formula is C9H7N3O. The van der Waals surface area contributed by atoms with E-state index in [0.717, 1.165) is 0 Å². The second kappa shape index (κ2) is 3.18. The molecule has 0 N–H and O–H groups in total. The molecule has 2 heterocycles. The summed E-state index contributed by atoms with van der Waals surface area (Å²) in [6, 6.07) is 7.15. The van der Waals surface area contributed by atoms with Crippen LogP contribution in [0.1, 0.15) is 10.5 Å². The molecule has 2 rings (SSSR count). The zero-order valence-electron chi connectivity index (χ0n) is 6.79. The first-order valence-electron chi connectivity index (χ1n) is 3.82. The second-order valence-corrected chi connectivity index (χ2v) is 2.49. The van der Waals surface area contributed by atoms with Gasteiger partial charge >= 0.3 is 0 Å². The van der Waals surface area contributed by atoms with Gasteiger partial charge in [0.1, 0.15) is 5.69 Å². The molecule has 0 bridgehead atoms. The van der Waals surface area contributed by atoms with Crippen LogP contribution >= 0.6 is 0 Å². The van der Waals surface area contributed by atoms with Crippen LogP contribution in [0.3, 0.4) is 0 Å². The lowest BCUT2D eigenvalue weighted by molar-refractivity contribution is 0.111. The number of rotatable bonds is 2. The van der Waals surface area contributed by atoms with Crippen LogP contribution in [0.25, 0.3) is 5.82 Å². The third kappa shape index (κ3) is 1.46. The number of carbonyl (C=O) groups excluding carboxylic acids is 1. The van der Waals surface area contributed by atoms with E-state index in [0.29, 0.717) is 17.8 Å². The summed E-state index contributed by atoms with van der Waals surface area (Å²) >= 11 is 0. The molecule has 13 heavy (non-hydrogen) atoms. The van der Waals surface area contributed by atoms with Crippen molar-refractivity contribution in [2.24, 2.45) is 0 Å². The number of nitrogens with zero attached hydrogens (tertiary/aromatic N) is 3. The maximum Gasteiger partial charge on any atom is 0.170 e. The van der Waals surface area contributed by atoms with Gasteiger partial charge in [0.05, 0.1) is 0 Å². The molecule has 0 spiro atoms. The van der Waals surface area contributed by atoms with Gasteiger partial charge in [-0.2, -0.15) is 5.10 Å². The van der Waals surface area contributed by atoms with Gasteiger partial charge < -0.3 is 0 Å². The lowest BCUT2D eigenvalue weighted by atomic mass is 10.5. The standard InChI is InChI=1S/C9H7N3O/c13-7-8-4-6-12(11-8)9-3-1-2-5-10-9/h1-7H. The minimum Gasteiger partial charge on any atom is -0.296 e. The van der Waals surface area contributed by atoms with Crippen LogP contribution in [0.2, 0.25) is 0 Å². The molecular weight excluding hydrogens is 166 g/mol. The van der Waals surface area contributed by atoms with E-state index in [1.54, 1.807) is 23.1 Å². The number of hydrogen-bond donors (Lipinski definition) is 0. The fourth-order valence-electron chi connectivity index (χ4n) is 1.02. The molecule has 2 aromatic heterocycles. The van der Waals surface area contributed by atoms with Crippen LogP contribution in [0.15, 0.2) is 36.7 Å². The third-order valence-electron chi connectivity index (χ3n) is 1.61. The lowest BCUT2D eigenvalue weighted by Gasteiger charge is -1.96. The Hall–Kier alpha value is -1.97. The molecule has 0 amide bonds. The molecule has 64 valence electrons. The van der Waals surface area contributed by atoms with Crippen molar-refractivity contribution in [3.05, 3.63) is 42.4 Å². The summed E-state index contributed by atoms with van der Waals surface area (Å²) in [5.41, 5.74) is 0.408. The Balaban J connectivity index is 2.41.